The summed E-state index contributed by atoms with van der Waals surface area (Å²) in [4.78, 5) is 10.5. The Morgan fingerprint density at radius 3 is 2.77 bits per heavy atom. The van der Waals surface area contributed by atoms with E-state index in [-0.39, 0.29) is 27.5 Å². The Labute approximate surface area is 189 Å². The van der Waals surface area contributed by atoms with E-state index in [0.29, 0.717) is 11.6 Å². The maximum atomic E-state index is 12.6. The van der Waals surface area contributed by atoms with Crippen molar-refractivity contribution >= 4 is 56.0 Å². The number of benzene rings is 2. The number of nitrogens with one attached hydrogen (secondary N) is 4. The van der Waals surface area contributed by atoms with E-state index in [1.54, 1.807) is 12.1 Å². The lowest BCUT2D eigenvalue weighted by atomic mass is 10.2. The van der Waals surface area contributed by atoms with Gasteiger partial charge in [-0.2, -0.15) is 0 Å². The normalized spacial score (nSPS) is 15.8. The molecule has 0 aromatic heterocycles. The fourth-order valence-electron chi connectivity index (χ4n) is 2.88. The van der Waals surface area contributed by atoms with Crippen molar-refractivity contribution in [2.75, 3.05) is 23.3 Å². The highest BCUT2D eigenvalue weighted by atomic mass is 35.5. The zero-order chi connectivity index (χ0) is 22.4. The van der Waals surface area contributed by atoms with E-state index in [1.807, 2.05) is 0 Å². The van der Waals surface area contributed by atoms with Gasteiger partial charge >= 0.3 is 0 Å². The fourth-order valence-corrected chi connectivity index (χ4v) is 4.28. The van der Waals surface area contributed by atoms with Gasteiger partial charge in [-0.25, -0.2) is 8.42 Å². The summed E-state index contributed by atoms with van der Waals surface area (Å²) in [5.41, 5.74) is 5.14. The summed E-state index contributed by atoms with van der Waals surface area (Å²) in [6.07, 6.45) is 2.01. The quantitative estimate of drug-likeness (QED) is 0.253. The van der Waals surface area contributed by atoms with Crippen molar-refractivity contribution in [2.45, 2.75) is 23.8 Å². The van der Waals surface area contributed by atoms with Crippen LogP contribution in [0.3, 0.4) is 0 Å². The predicted octanol–water partition coefficient (Wildman–Crippen LogP) is 3.02. The Balaban J connectivity index is 1.68. The number of ether oxygens (including phenoxy) is 1. The highest BCUT2D eigenvalue weighted by molar-refractivity contribution is 7.92. The molecule has 0 radical (unpaired) electrons. The Morgan fingerprint density at radius 1 is 1.29 bits per heavy atom. The van der Waals surface area contributed by atoms with Crippen molar-refractivity contribution in [3.8, 4) is 0 Å². The molecule has 1 fully saturated rings. The first-order valence-corrected chi connectivity index (χ1v) is 11.5. The number of hydrogen-bond acceptors (Lipinski definition) is 7. The molecule has 1 aliphatic heterocycles. The number of halogens is 1. The molecule has 31 heavy (non-hydrogen) atoms. The molecule has 166 valence electrons. The number of nitro groups is 1. The van der Waals surface area contributed by atoms with Crippen molar-refractivity contribution in [1.29, 1.82) is 0 Å². The lowest BCUT2D eigenvalue weighted by molar-refractivity contribution is -0.384. The topological polar surface area (TPSA) is 135 Å². The molecule has 0 spiro atoms. The molecule has 0 unspecified atom stereocenters. The molecule has 1 atom stereocenters. The number of anilines is 2. The number of thiocarbonyl (C=S) groups is 1. The van der Waals surface area contributed by atoms with E-state index in [2.05, 4.69) is 20.9 Å². The Morgan fingerprint density at radius 2 is 2.10 bits per heavy atom. The van der Waals surface area contributed by atoms with E-state index in [9.17, 15) is 18.5 Å². The van der Waals surface area contributed by atoms with Crippen LogP contribution in [0, 0.1) is 10.1 Å². The third-order valence-corrected chi connectivity index (χ3v) is 6.24. The standard InChI is InChI=1S/C18H20ClN5O5S2/c19-12-3-1-4-13(9-12)23-31(27,28)15-6-7-16(17(10-15)24(25)26)21-22-18(30)20-11-14-5-2-8-29-14/h1,3-4,6-7,9-10,14,21,23H,2,5,8,11H2,(H2,20,22,30)/t14-/m1/s1. The molecule has 13 heteroatoms. The Kier molecular flexibility index (Phi) is 7.49. The van der Waals surface area contributed by atoms with Gasteiger partial charge in [-0.3, -0.25) is 25.7 Å². The van der Waals surface area contributed by atoms with Crippen molar-refractivity contribution in [2.24, 2.45) is 0 Å². The molecule has 0 amide bonds. The van der Waals surface area contributed by atoms with Crippen molar-refractivity contribution < 1.29 is 18.1 Å². The molecule has 1 heterocycles. The maximum Gasteiger partial charge on any atom is 0.295 e. The minimum absolute atomic E-state index is 0.0490. The molecule has 0 saturated carbocycles. The second kappa shape index (κ2) is 10.1. The zero-order valence-corrected chi connectivity index (χ0v) is 18.5. The van der Waals surface area contributed by atoms with Gasteiger partial charge in [0.1, 0.15) is 5.69 Å². The van der Waals surface area contributed by atoms with Gasteiger partial charge in [0, 0.05) is 24.2 Å². The second-order valence-corrected chi connectivity index (χ2v) is 9.17. The van der Waals surface area contributed by atoms with E-state index in [1.165, 1.54) is 24.3 Å². The average molecular weight is 486 g/mol. The number of rotatable bonds is 8. The SMILES string of the molecule is O=[N+]([O-])c1cc(S(=O)(=O)Nc2cccc(Cl)c2)ccc1NNC(=S)NC[C@H]1CCCO1. The summed E-state index contributed by atoms with van der Waals surface area (Å²) in [6.45, 7) is 1.24. The fraction of sp³-hybridized carbons (Fsp3) is 0.278. The van der Waals surface area contributed by atoms with Crippen LogP contribution in [0.25, 0.3) is 0 Å². The number of hydrogen-bond donors (Lipinski definition) is 4. The van der Waals surface area contributed by atoms with Gasteiger partial charge < -0.3 is 10.1 Å². The Bertz CT molecular complexity index is 1080. The van der Waals surface area contributed by atoms with Gasteiger partial charge in [0.15, 0.2) is 5.11 Å². The molecule has 0 bridgehead atoms. The predicted molar refractivity (Wildman–Crippen MR) is 122 cm³/mol. The summed E-state index contributed by atoms with van der Waals surface area (Å²) in [5, 5.41) is 15.0. The van der Waals surface area contributed by atoms with Crippen LogP contribution in [-0.4, -0.2) is 37.7 Å². The number of nitrogens with zero attached hydrogens (tertiary/aromatic N) is 1. The van der Waals surface area contributed by atoms with E-state index in [0.717, 1.165) is 25.5 Å². The number of sulfonamides is 1. The Hall–Kier alpha value is -2.67. The van der Waals surface area contributed by atoms with Crippen LogP contribution in [0.2, 0.25) is 5.02 Å². The largest absolute Gasteiger partial charge is 0.376 e. The van der Waals surface area contributed by atoms with Crippen LogP contribution in [0.4, 0.5) is 17.1 Å². The molecule has 3 rings (SSSR count). The lowest BCUT2D eigenvalue weighted by Gasteiger charge is -2.15. The van der Waals surface area contributed by atoms with Crippen LogP contribution < -0.4 is 20.9 Å². The smallest absolute Gasteiger partial charge is 0.295 e. The average Bonchev–Trinajstić information content (AvgIpc) is 3.24. The van der Waals surface area contributed by atoms with Gasteiger partial charge in [0.2, 0.25) is 0 Å². The third kappa shape index (κ3) is 6.40. The first kappa shape index (κ1) is 23.0. The van der Waals surface area contributed by atoms with Gasteiger partial charge in [-0.15, -0.1) is 0 Å². The summed E-state index contributed by atoms with van der Waals surface area (Å²) in [6, 6.07) is 9.60. The summed E-state index contributed by atoms with van der Waals surface area (Å²) < 4.78 is 33.1. The van der Waals surface area contributed by atoms with Gasteiger partial charge in [0.05, 0.1) is 21.6 Å². The molecule has 4 N–H and O–H groups in total. The van der Waals surface area contributed by atoms with Crippen molar-refractivity contribution in [3.05, 3.63) is 57.6 Å². The van der Waals surface area contributed by atoms with E-state index < -0.39 is 20.6 Å². The maximum absolute atomic E-state index is 12.6. The monoisotopic (exact) mass is 485 g/mol. The van der Waals surface area contributed by atoms with E-state index in [4.69, 9.17) is 28.6 Å². The molecule has 1 saturated heterocycles. The summed E-state index contributed by atoms with van der Waals surface area (Å²) >= 11 is 11.0. The summed E-state index contributed by atoms with van der Waals surface area (Å²) in [5.74, 6) is 0. The molecular formula is C18H20ClN5O5S2. The van der Waals surface area contributed by atoms with Crippen LogP contribution in [0.5, 0.6) is 0 Å². The highest BCUT2D eigenvalue weighted by Gasteiger charge is 2.22. The minimum atomic E-state index is -4.07. The van der Waals surface area contributed by atoms with Gasteiger partial charge in [-0.1, -0.05) is 17.7 Å². The lowest BCUT2D eigenvalue weighted by Crippen LogP contribution is -2.42. The second-order valence-electron chi connectivity index (χ2n) is 6.65. The van der Waals surface area contributed by atoms with Crippen LogP contribution in [0.15, 0.2) is 47.4 Å². The number of nitro benzene ring substituents is 1. The van der Waals surface area contributed by atoms with Crippen molar-refractivity contribution in [3.63, 3.8) is 0 Å². The van der Waals surface area contributed by atoms with Gasteiger partial charge in [0.25, 0.3) is 15.7 Å². The van der Waals surface area contributed by atoms with Gasteiger partial charge in [-0.05, 0) is 55.4 Å². The molecular weight excluding hydrogens is 466 g/mol. The number of hydrazine groups is 1. The van der Waals surface area contributed by atoms with Crippen LogP contribution >= 0.6 is 23.8 Å². The zero-order valence-electron chi connectivity index (χ0n) is 16.1. The first-order valence-electron chi connectivity index (χ1n) is 9.23. The first-order chi connectivity index (χ1) is 14.7. The van der Waals surface area contributed by atoms with E-state index >= 15 is 0 Å². The minimum Gasteiger partial charge on any atom is -0.376 e. The molecule has 10 nitrogen and oxygen atoms in total. The molecule has 2 aromatic carbocycles. The summed E-state index contributed by atoms with van der Waals surface area (Å²) in [7, 11) is -4.07. The molecule has 0 aliphatic carbocycles. The molecule has 2 aromatic rings. The van der Waals surface area contributed by atoms with Crippen LogP contribution in [-0.2, 0) is 14.8 Å². The van der Waals surface area contributed by atoms with Crippen LogP contribution in [0.1, 0.15) is 12.8 Å². The van der Waals surface area contributed by atoms with Crippen molar-refractivity contribution in [1.82, 2.24) is 10.7 Å². The highest BCUT2D eigenvalue weighted by Crippen LogP contribution is 2.28. The molecule has 1 aliphatic rings. The third-order valence-electron chi connectivity index (χ3n) is 4.38.